The Kier molecular flexibility index (Phi) is 4.19. The van der Waals surface area contributed by atoms with Crippen LogP contribution in [0.25, 0.3) is 0 Å². The van der Waals surface area contributed by atoms with Crippen molar-refractivity contribution in [1.29, 1.82) is 0 Å². The Hall–Kier alpha value is -0.860. The van der Waals surface area contributed by atoms with E-state index in [4.69, 9.17) is 5.84 Å². The van der Waals surface area contributed by atoms with Gasteiger partial charge in [-0.05, 0) is 37.2 Å². The third-order valence-electron chi connectivity index (χ3n) is 4.25. The maximum atomic E-state index is 5.76. The molecule has 3 N–H and O–H groups in total. The fourth-order valence-electron chi connectivity index (χ4n) is 3.07. The summed E-state index contributed by atoms with van der Waals surface area (Å²) < 4.78 is 0. The normalized spacial score (nSPS) is 26.1. The first kappa shape index (κ1) is 12.6. The summed E-state index contributed by atoms with van der Waals surface area (Å²) in [7, 11) is 0. The lowest BCUT2D eigenvalue weighted by molar-refractivity contribution is 0.358. The van der Waals surface area contributed by atoms with Crippen LogP contribution >= 0.6 is 0 Å². The van der Waals surface area contributed by atoms with Crippen molar-refractivity contribution in [2.24, 2.45) is 17.7 Å². The van der Waals surface area contributed by atoms with Gasteiger partial charge in [0.05, 0.1) is 0 Å². The molecule has 3 atom stereocenters. The summed E-state index contributed by atoms with van der Waals surface area (Å²) in [6.07, 6.45) is 5.30. The predicted octanol–water partition coefficient (Wildman–Crippen LogP) is 3.33. The van der Waals surface area contributed by atoms with Gasteiger partial charge in [0.15, 0.2) is 0 Å². The zero-order chi connectivity index (χ0) is 12.3. The van der Waals surface area contributed by atoms with E-state index in [0.29, 0.717) is 12.0 Å². The zero-order valence-corrected chi connectivity index (χ0v) is 10.9. The van der Waals surface area contributed by atoms with Gasteiger partial charge in [-0.1, -0.05) is 49.6 Å². The number of hydrazine groups is 1. The number of hydrogen-bond acceptors (Lipinski definition) is 2. The molecule has 1 aromatic rings. The maximum absolute atomic E-state index is 5.76. The van der Waals surface area contributed by atoms with Gasteiger partial charge < -0.3 is 0 Å². The molecule has 2 rings (SSSR count). The maximum Gasteiger partial charge on any atom is 0.0488 e. The lowest BCUT2D eigenvalue weighted by atomic mass is 9.90. The van der Waals surface area contributed by atoms with Gasteiger partial charge >= 0.3 is 0 Å². The number of hydrogen-bond donors (Lipinski definition) is 2. The van der Waals surface area contributed by atoms with Crippen molar-refractivity contribution in [1.82, 2.24) is 5.43 Å². The van der Waals surface area contributed by atoms with Gasteiger partial charge in [0.25, 0.3) is 0 Å². The summed E-state index contributed by atoms with van der Waals surface area (Å²) in [6, 6.07) is 9.09. The highest BCUT2D eigenvalue weighted by Gasteiger charge is 2.30. The molecular formula is C15H24N2. The largest absolute Gasteiger partial charge is 0.271 e. The van der Waals surface area contributed by atoms with Gasteiger partial charge in [0.1, 0.15) is 0 Å². The molecule has 1 aliphatic rings. The minimum Gasteiger partial charge on any atom is -0.271 e. The number of benzene rings is 1. The molecule has 0 aliphatic heterocycles. The first-order chi connectivity index (χ1) is 8.24. The summed E-state index contributed by atoms with van der Waals surface area (Å²) in [4.78, 5) is 0. The predicted molar refractivity (Wildman–Crippen MR) is 72.4 cm³/mol. The summed E-state index contributed by atoms with van der Waals surface area (Å²) >= 11 is 0. The van der Waals surface area contributed by atoms with E-state index in [9.17, 15) is 0 Å². The molecule has 1 aliphatic carbocycles. The highest BCUT2D eigenvalue weighted by molar-refractivity contribution is 5.24. The van der Waals surface area contributed by atoms with Crippen molar-refractivity contribution in [2.45, 2.75) is 45.6 Å². The van der Waals surface area contributed by atoms with Crippen molar-refractivity contribution in [3.8, 4) is 0 Å². The van der Waals surface area contributed by atoms with E-state index in [1.807, 2.05) is 0 Å². The van der Waals surface area contributed by atoms with Crippen LogP contribution in [0.1, 0.15) is 49.8 Å². The summed E-state index contributed by atoms with van der Waals surface area (Å²) in [6.45, 7) is 4.42. The molecule has 0 bridgehead atoms. The van der Waals surface area contributed by atoms with Crippen LogP contribution in [0.3, 0.4) is 0 Å². The fourth-order valence-corrected chi connectivity index (χ4v) is 3.07. The topological polar surface area (TPSA) is 38.0 Å². The molecule has 0 heterocycles. The second-order valence-corrected chi connectivity index (χ2v) is 5.40. The number of nitrogens with one attached hydrogen (secondary N) is 1. The van der Waals surface area contributed by atoms with E-state index >= 15 is 0 Å². The Bertz CT molecular complexity index is 344. The molecule has 3 unspecified atom stereocenters. The van der Waals surface area contributed by atoms with Crippen LogP contribution in [0.5, 0.6) is 0 Å². The van der Waals surface area contributed by atoms with Crippen LogP contribution in [-0.2, 0) is 0 Å². The highest BCUT2D eigenvalue weighted by Crippen LogP contribution is 2.39. The Morgan fingerprint density at radius 3 is 2.53 bits per heavy atom. The zero-order valence-electron chi connectivity index (χ0n) is 10.9. The summed E-state index contributed by atoms with van der Waals surface area (Å²) in [5.74, 6) is 7.37. The average Bonchev–Trinajstić information content (AvgIpc) is 2.81. The molecule has 0 amide bonds. The quantitative estimate of drug-likeness (QED) is 0.617. The molecule has 2 nitrogen and oxygen atoms in total. The Labute approximate surface area is 105 Å². The van der Waals surface area contributed by atoms with Crippen LogP contribution in [-0.4, -0.2) is 0 Å². The first-order valence-electron chi connectivity index (χ1n) is 6.77. The van der Waals surface area contributed by atoms with E-state index in [1.54, 1.807) is 0 Å². The average molecular weight is 232 g/mol. The molecular weight excluding hydrogens is 208 g/mol. The molecule has 0 aromatic heterocycles. The second kappa shape index (κ2) is 5.65. The third kappa shape index (κ3) is 2.88. The Morgan fingerprint density at radius 2 is 2.00 bits per heavy atom. The molecule has 1 fully saturated rings. The first-order valence-corrected chi connectivity index (χ1v) is 6.77. The molecule has 1 saturated carbocycles. The third-order valence-corrected chi connectivity index (χ3v) is 4.25. The molecule has 94 valence electrons. The number of rotatable bonds is 4. The van der Waals surface area contributed by atoms with Crippen LogP contribution in [0.4, 0.5) is 0 Å². The lowest BCUT2D eigenvalue weighted by Gasteiger charge is -2.23. The molecule has 1 aromatic carbocycles. The van der Waals surface area contributed by atoms with Crippen LogP contribution in [0, 0.1) is 18.8 Å². The smallest absolute Gasteiger partial charge is 0.0488 e. The van der Waals surface area contributed by atoms with Gasteiger partial charge in [0, 0.05) is 6.04 Å². The Morgan fingerprint density at radius 1 is 1.29 bits per heavy atom. The van der Waals surface area contributed by atoms with Gasteiger partial charge in [-0.2, -0.15) is 0 Å². The van der Waals surface area contributed by atoms with E-state index in [-0.39, 0.29) is 0 Å². The minimum absolute atomic E-state index is 0.326. The molecule has 0 spiro atoms. The minimum atomic E-state index is 0.326. The van der Waals surface area contributed by atoms with Gasteiger partial charge in [-0.25, -0.2) is 0 Å². The second-order valence-electron chi connectivity index (χ2n) is 5.40. The van der Waals surface area contributed by atoms with Crippen molar-refractivity contribution in [3.05, 3.63) is 35.4 Å². The van der Waals surface area contributed by atoms with E-state index in [2.05, 4.69) is 43.5 Å². The van der Waals surface area contributed by atoms with E-state index in [0.717, 1.165) is 5.92 Å². The fraction of sp³-hybridized carbons (Fsp3) is 0.600. The Balaban J connectivity index is 2.08. The van der Waals surface area contributed by atoms with Crippen molar-refractivity contribution in [3.63, 3.8) is 0 Å². The van der Waals surface area contributed by atoms with Gasteiger partial charge in [-0.15, -0.1) is 0 Å². The van der Waals surface area contributed by atoms with Crippen molar-refractivity contribution < 1.29 is 0 Å². The summed E-state index contributed by atoms with van der Waals surface area (Å²) in [5, 5.41) is 0. The molecule has 2 heteroatoms. The van der Waals surface area contributed by atoms with Gasteiger partial charge in [0.2, 0.25) is 0 Å². The monoisotopic (exact) mass is 232 g/mol. The van der Waals surface area contributed by atoms with Gasteiger partial charge in [-0.3, -0.25) is 11.3 Å². The highest BCUT2D eigenvalue weighted by atomic mass is 15.2. The SMILES string of the molecule is CCC1CCC(C(NN)c2ccc(C)cc2)C1. The van der Waals surface area contributed by atoms with Crippen molar-refractivity contribution in [2.75, 3.05) is 0 Å². The van der Waals surface area contributed by atoms with Crippen LogP contribution in [0.2, 0.25) is 0 Å². The van der Waals surface area contributed by atoms with Crippen LogP contribution < -0.4 is 11.3 Å². The molecule has 0 radical (unpaired) electrons. The van der Waals surface area contributed by atoms with E-state index < -0.39 is 0 Å². The number of aryl methyl sites for hydroxylation is 1. The van der Waals surface area contributed by atoms with E-state index in [1.165, 1.54) is 36.8 Å². The standard InChI is InChI=1S/C15H24N2/c1-3-12-6-9-14(10-12)15(17-16)13-7-4-11(2)5-8-13/h4-5,7-8,12,14-15,17H,3,6,9-10,16H2,1-2H3. The van der Waals surface area contributed by atoms with Crippen LogP contribution in [0.15, 0.2) is 24.3 Å². The molecule has 17 heavy (non-hydrogen) atoms. The lowest BCUT2D eigenvalue weighted by Crippen LogP contribution is -2.32. The van der Waals surface area contributed by atoms with Crippen molar-refractivity contribution >= 4 is 0 Å². The summed E-state index contributed by atoms with van der Waals surface area (Å²) in [5.41, 5.74) is 5.67. The molecule has 0 saturated heterocycles. The number of nitrogens with two attached hydrogens (primary N) is 1.